The summed E-state index contributed by atoms with van der Waals surface area (Å²) in [5.74, 6) is -1.15. The number of rotatable bonds is 10. The van der Waals surface area contributed by atoms with E-state index < -0.39 is 28.6 Å². The number of benzene rings is 2. The Morgan fingerprint density at radius 2 is 1.82 bits per heavy atom. The van der Waals surface area contributed by atoms with E-state index in [-0.39, 0.29) is 18.2 Å². The lowest BCUT2D eigenvalue weighted by atomic mass is 10.1. The van der Waals surface area contributed by atoms with Crippen LogP contribution in [-0.4, -0.2) is 78.3 Å². The molecule has 0 radical (unpaired) electrons. The fourth-order valence-electron chi connectivity index (χ4n) is 3.57. The Kier molecular flexibility index (Phi) is 7.24. The van der Waals surface area contributed by atoms with Gasteiger partial charge in [0.2, 0.25) is 10.0 Å². The fraction of sp³-hybridized carbons (Fsp3) is 0.318. The van der Waals surface area contributed by atoms with Gasteiger partial charge in [0.15, 0.2) is 0 Å². The number of carbonyl (C=O) groups is 1. The minimum absolute atomic E-state index is 0.101. The van der Waals surface area contributed by atoms with E-state index in [1.165, 1.54) is 8.87 Å². The summed E-state index contributed by atoms with van der Waals surface area (Å²) in [6.07, 6.45) is -0.141. The van der Waals surface area contributed by atoms with Gasteiger partial charge < -0.3 is 25.4 Å². The molecule has 0 aliphatic carbocycles. The summed E-state index contributed by atoms with van der Waals surface area (Å²) in [6.45, 7) is 0.219. The van der Waals surface area contributed by atoms with Gasteiger partial charge >= 0.3 is 5.97 Å². The quantitative estimate of drug-likeness (QED) is 0.240. The molecule has 0 saturated heterocycles. The van der Waals surface area contributed by atoms with E-state index >= 15 is 0 Å². The number of fused-ring (bicyclic) bond motifs is 1. The van der Waals surface area contributed by atoms with Crippen LogP contribution in [0.2, 0.25) is 0 Å². The van der Waals surface area contributed by atoms with Gasteiger partial charge in [0.25, 0.3) is 0 Å². The van der Waals surface area contributed by atoms with Crippen LogP contribution in [0.15, 0.2) is 42.5 Å². The molecular formula is C22H28N6O5S. The number of aromatic nitrogens is 2. The molecule has 0 spiro atoms. The summed E-state index contributed by atoms with van der Waals surface area (Å²) in [7, 11) is 0.0729. The van der Waals surface area contributed by atoms with Crippen LogP contribution < -0.4 is 10.0 Å². The summed E-state index contributed by atoms with van der Waals surface area (Å²) in [4.78, 5) is 17.9. The molecule has 182 valence electrons. The predicted molar refractivity (Wildman–Crippen MR) is 130 cm³/mol. The monoisotopic (exact) mass is 488 g/mol. The Bertz CT molecular complexity index is 1320. The normalized spacial score (nSPS) is 12.7. The fourth-order valence-corrected chi connectivity index (χ4v) is 4.48. The lowest BCUT2D eigenvalue weighted by Gasteiger charge is -2.24. The third-order valence-electron chi connectivity index (χ3n) is 5.28. The van der Waals surface area contributed by atoms with E-state index in [0.717, 1.165) is 6.26 Å². The van der Waals surface area contributed by atoms with Crippen molar-refractivity contribution in [1.29, 1.82) is 5.41 Å². The third kappa shape index (κ3) is 5.53. The van der Waals surface area contributed by atoms with Crippen molar-refractivity contribution in [3.63, 3.8) is 0 Å². The molecule has 1 heterocycles. The molecule has 12 heteroatoms. The number of aliphatic carboxylic acids is 1. The Labute approximate surface area is 197 Å². The zero-order valence-electron chi connectivity index (χ0n) is 19.1. The van der Waals surface area contributed by atoms with E-state index in [4.69, 9.17) is 11.1 Å². The molecule has 0 bridgehead atoms. The number of hydrogen-bond acceptors (Lipinski definition) is 7. The van der Waals surface area contributed by atoms with Gasteiger partial charge in [-0.1, -0.05) is 24.3 Å². The number of likely N-dealkylation sites (N-methyl/N-ethyl adjacent to an activating group) is 1. The first-order chi connectivity index (χ1) is 15.9. The van der Waals surface area contributed by atoms with Crippen molar-refractivity contribution in [3.05, 3.63) is 59.4 Å². The maximum Gasteiger partial charge on any atom is 0.323 e. The van der Waals surface area contributed by atoms with E-state index in [2.05, 4.69) is 4.98 Å². The maximum absolute atomic E-state index is 12.4. The molecule has 1 aromatic heterocycles. The van der Waals surface area contributed by atoms with Gasteiger partial charge in [-0.15, -0.1) is 0 Å². The first-order valence-corrected chi connectivity index (χ1v) is 12.2. The number of nitrogens with two attached hydrogens (primary N) is 1. The highest BCUT2D eigenvalue weighted by atomic mass is 32.2. The highest BCUT2D eigenvalue weighted by Crippen LogP contribution is 2.29. The standard InChI is InChI=1S/C22H28N6O5S/c1-26(2)10-11-28(34(3,32)33)16-8-9-17-18(12-16)27(13-19(29)30)22(25-17)20(31)14-4-6-15(7-5-14)21(23)24/h4-9,12,20,31H,10-11,13H2,1-3H3,(H3,23,24)(H,29,30). The van der Waals surface area contributed by atoms with Crippen LogP contribution in [0.1, 0.15) is 23.1 Å². The Hall–Kier alpha value is -3.48. The number of carboxylic acid groups (broad SMARTS) is 1. The Morgan fingerprint density at radius 3 is 2.35 bits per heavy atom. The molecule has 3 rings (SSSR count). The number of anilines is 1. The second-order valence-electron chi connectivity index (χ2n) is 8.20. The molecule has 11 nitrogen and oxygen atoms in total. The number of amidine groups is 1. The predicted octanol–water partition coefficient (Wildman–Crippen LogP) is 0.814. The van der Waals surface area contributed by atoms with Crippen LogP contribution in [0.25, 0.3) is 11.0 Å². The number of sulfonamides is 1. The molecule has 0 saturated carbocycles. The van der Waals surface area contributed by atoms with Gasteiger partial charge in [-0.25, -0.2) is 13.4 Å². The summed E-state index contributed by atoms with van der Waals surface area (Å²) >= 11 is 0. The van der Waals surface area contributed by atoms with Crippen molar-refractivity contribution >= 4 is 38.5 Å². The Balaban J connectivity index is 2.11. The van der Waals surface area contributed by atoms with Crippen LogP contribution >= 0.6 is 0 Å². The van der Waals surface area contributed by atoms with Gasteiger partial charge in [0.05, 0.1) is 23.0 Å². The van der Waals surface area contributed by atoms with E-state index in [1.54, 1.807) is 42.5 Å². The smallest absolute Gasteiger partial charge is 0.323 e. The van der Waals surface area contributed by atoms with Crippen LogP contribution in [0, 0.1) is 5.41 Å². The van der Waals surface area contributed by atoms with Gasteiger partial charge in [-0.3, -0.25) is 14.5 Å². The van der Waals surface area contributed by atoms with E-state index in [0.29, 0.717) is 34.4 Å². The minimum atomic E-state index is -3.60. The summed E-state index contributed by atoms with van der Waals surface area (Å²) < 4.78 is 27.5. The average molecular weight is 489 g/mol. The summed E-state index contributed by atoms with van der Waals surface area (Å²) in [5, 5.41) is 28.0. The second-order valence-corrected chi connectivity index (χ2v) is 10.1. The first kappa shape index (κ1) is 25.1. The number of nitrogen functional groups attached to an aromatic ring is 1. The highest BCUT2D eigenvalue weighted by Gasteiger charge is 2.24. The van der Waals surface area contributed by atoms with Crippen LogP contribution in [0.3, 0.4) is 0 Å². The second kappa shape index (κ2) is 9.79. The first-order valence-electron chi connectivity index (χ1n) is 10.4. The number of aliphatic hydroxyl groups excluding tert-OH is 1. The maximum atomic E-state index is 12.4. The molecule has 0 aliphatic heterocycles. The molecule has 0 amide bonds. The number of imidazole rings is 1. The molecule has 2 aromatic carbocycles. The van der Waals surface area contributed by atoms with E-state index in [1.807, 2.05) is 19.0 Å². The molecule has 1 unspecified atom stereocenters. The number of carboxylic acids is 1. The minimum Gasteiger partial charge on any atom is -0.480 e. The van der Waals surface area contributed by atoms with Gasteiger partial charge in [0, 0.05) is 18.7 Å². The van der Waals surface area contributed by atoms with Crippen molar-refractivity contribution in [2.75, 3.05) is 37.7 Å². The van der Waals surface area contributed by atoms with Crippen molar-refractivity contribution in [2.45, 2.75) is 12.6 Å². The molecule has 3 aromatic rings. The number of nitrogens with one attached hydrogen (secondary N) is 1. The molecule has 0 aliphatic rings. The van der Waals surface area contributed by atoms with Crippen molar-refractivity contribution in [1.82, 2.24) is 14.5 Å². The Morgan fingerprint density at radius 1 is 1.18 bits per heavy atom. The van der Waals surface area contributed by atoms with Crippen LogP contribution in [-0.2, 0) is 21.4 Å². The lowest BCUT2D eigenvalue weighted by molar-refractivity contribution is -0.137. The molecule has 0 fully saturated rings. The van der Waals surface area contributed by atoms with E-state index in [9.17, 15) is 23.4 Å². The zero-order valence-corrected chi connectivity index (χ0v) is 20.0. The molecular weight excluding hydrogens is 460 g/mol. The van der Waals surface area contributed by atoms with Crippen molar-refractivity contribution in [2.24, 2.45) is 5.73 Å². The lowest BCUT2D eigenvalue weighted by Crippen LogP contribution is -2.36. The van der Waals surface area contributed by atoms with Gasteiger partial charge in [-0.05, 0) is 37.9 Å². The topological polar surface area (TPSA) is 166 Å². The number of aliphatic hydroxyl groups is 1. The van der Waals surface area contributed by atoms with Gasteiger partial charge in [0.1, 0.15) is 24.3 Å². The number of hydrogen-bond donors (Lipinski definition) is 4. The average Bonchev–Trinajstić information content (AvgIpc) is 3.09. The summed E-state index contributed by atoms with van der Waals surface area (Å²) in [5.41, 5.74) is 7.57. The molecule has 5 N–H and O–H groups in total. The SMILES string of the molecule is CN(C)CCN(c1ccc2nc(C(O)c3ccc(C(=N)N)cc3)n(CC(=O)O)c2c1)S(C)(=O)=O. The van der Waals surface area contributed by atoms with Crippen LogP contribution in [0.4, 0.5) is 5.69 Å². The van der Waals surface area contributed by atoms with Crippen molar-refractivity contribution < 1.29 is 23.4 Å². The summed E-state index contributed by atoms with van der Waals surface area (Å²) in [6, 6.07) is 11.1. The van der Waals surface area contributed by atoms with Gasteiger partial charge in [-0.2, -0.15) is 0 Å². The molecule has 1 atom stereocenters. The third-order valence-corrected chi connectivity index (χ3v) is 6.47. The van der Waals surface area contributed by atoms with Crippen molar-refractivity contribution in [3.8, 4) is 0 Å². The highest BCUT2D eigenvalue weighted by molar-refractivity contribution is 7.92. The zero-order chi connectivity index (χ0) is 25.2. The largest absolute Gasteiger partial charge is 0.480 e. The molecule has 34 heavy (non-hydrogen) atoms. The number of nitrogens with zero attached hydrogens (tertiary/aromatic N) is 4. The van der Waals surface area contributed by atoms with Crippen LogP contribution in [0.5, 0.6) is 0 Å².